The second kappa shape index (κ2) is 5.07. The van der Waals surface area contributed by atoms with Crippen LogP contribution in [0.2, 0.25) is 0 Å². The summed E-state index contributed by atoms with van der Waals surface area (Å²) in [5.41, 5.74) is 0. The van der Waals surface area contributed by atoms with E-state index in [4.69, 9.17) is 9.84 Å². The van der Waals surface area contributed by atoms with Crippen LogP contribution < -0.4 is 4.90 Å². The van der Waals surface area contributed by atoms with Crippen molar-refractivity contribution in [2.75, 3.05) is 24.6 Å². The Morgan fingerprint density at radius 2 is 2.38 bits per heavy atom. The Labute approximate surface area is 99.2 Å². The molecule has 0 radical (unpaired) electrons. The van der Waals surface area contributed by atoms with Gasteiger partial charge in [-0.05, 0) is 6.92 Å². The van der Waals surface area contributed by atoms with Gasteiger partial charge in [0, 0.05) is 31.0 Å². The first-order chi connectivity index (χ1) is 7.72. The topological polar surface area (TPSA) is 58.5 Å². The van der Waals surface area contributed by atoms with E-state index in [0.29, 0.717) is 6.54 Å². The van der Waals surface area contributed by atoms with Crippen LogP contribution in [-0.2, 0) is 11.2 Å². The van der Waals surface area contributed by atoms with Crippen LogP contribution in [0.15, 0.2) is 0 Å². The van der Waals surface area contributed by atoms with Crippen molar-refractivity contribution in [3.63, 3.8) is 0 Å². The van der Waals surface area contributed by atoms with Gasteiger partial charge in [-0.2, -0.15) is 4.37 Å². The number of hydrogen-bond donors (Lipinski definition) is 1. The van der Waals surface area contributed by atoms with Crippen LogP contribution in [0.1, 0.15) is 19.7 Å². The molecule has 1 saturated heterocycles. The molecule has 6 heteroatoms. The van der Waals surface area contributed by atoms with Crippen LogP contribution in [0.4, 0.5) is 5.13 Å². The molecule has 5 nitrogen and oxygen atoms in total. The van der Waals surface area contributed by atoms with E-state index in [2.05, 4.69) is 14.3 Å². The van der Waals surface area contributed by atoms with Crippen molar-refractivity contribution < 1.29 is 9.84 Å². The molecule has 0 bridgehead atoms. The summed E-state index contributed by atoms with van der Waals surface area (Å²) in [4.78, 5) is 6.60. The molecule has 0 aromatic carbocycles. The smallest absolute Gasteiger partial charge is 0.205 e. The molecule has 1 aromatic heterocycles. The summed E-state index contributed by atoms with van der Waals surface area (Å²) >= 11 is 1.42. The third-order valence-electron chi connectivity index (χ3n) is 2.57. The van der Waals surface area contributed by atoms with Crippen LogP contribution in [0, 0.1) is 0 Å². The van der Waals surface area contributed by atoms with Gasteiger partial charge in [-0.25, -0.2) is 4.98 Å². The Morgan fingerprint density at radius 3 is 3.00 bits per heavy atom. The molecular weight excluding hydrogens is 226 g/mol. The molecule has 1 aromatic rings. The van der Waals surface area contributed by atoms with E-state index in [9.17, 15) is 0 Å². The quantitative estimate of drug-likeness (QED) is 0.846. The van der Waals surface area contributed by atoms with Gasteiger partial charge in [0.1, 0.15) is 5.82 Å². The van der Waals surface area contributed by atoms with Gasteiger partial charge in [0.05, 0.1) is 18.8 Å². The van der Waals surface area contributed by atoms with Crippen LogP contribution in [0.25, 0.3) is 0 Å². The molecule has 0 saturated carbocycles. The Bertz CT molecular complexity index is 345. The Morgan fingerprint density at radius 1 is 1.56 bits per heavy atom. The van der Waals surface area contributed by atoms with Gasteiger partial charge in [-0.3, -0.25) is 0 Å². The summed E-state index contributed by atoms with van der Waals surface area (Å²) in [6.45, 7) is 5.62. The third-order valence-corrected chi connectivity index (χ3v) is 3.39. The van der Waals surface area contributed by atoms with E-state index in [1.807, 2.05) is 13.8 Å². The fraction of sp³-hybridized carbons (Fsp3) is 0.800. The number of rotatable bonds is 3. The fourth-order valence-corrected chi connectivity index (χ4v) is 2.59. The third kappa shape index (κ3) is 2.50. The summed E-state index contributed by atoms with van der Waals surface area (Å²) < 4.78 is 9.86. The SMILES string of the molecule is CCc1nsc(N2CC(C)OC(CO)C2)n1. The molecular formula is C10H17N3O2S. The molecule has 16 heavy (non-hydrogen) atoms. The summed E-state index contributed by atoms with van der Waals surface area (Å²) in [5, 5.41) is 10.1. The minimum atomic E-state index is -0.113. The molecule has 1 fully saturated rings. The minimum absolute atomic E-state index is 0.0558. The second-order valence-corrected chi connectivity index (χ2v) is 4.73. The Balaban J connectivity index is 2.07. The van der Waals surface area contributed by atoms with Crippen molar-refractivity contribution in [2.45, 2.75) is 32.5 Å². The molecule has 0 amide bonds. The lowest BCUT2D eigenvalue weighted by Crippen LogP contribution is -2.48. The van der Waals surface area contributed by atoms with Gasteiger partial charge >= 0.3 is 0 Å². The van der Waals surface area contributed by atoms with Gasteiger partial charge in [0.15, 0.2) is 0 Å². The minimum Gasteiger partial charge on any atom is -0.394 e. The zero-order valence-corrected chi connectivity index (χ0v) is 10.4. The maximum Gasteiger partial charge on any atom is 0.205 e. The van der Waals surface area contributed by atoms with Crippen LogP contribution in [0.5, 0.6) is 0 Å². The van der Waals surface area contributed by atoms with E-state index >= 15 is 0 Å². The average Bonchev–Trinajstić information content (AvgIpc) is 2.76. The van der Waals surface area contributed by atoms with Gasteiger partial charge in [0.25, 0.3) is 0 Å². The number of aromatic nitrogens is 2. The zero-order chi connectivity index (χ0) is 11.5. The highest BCUT2D eigenvalue weighted by molar-refractivity contribution is 7.09. The summed E-state index contributed by atoms with van der Waals surface area (Å²) in [6, 6.07) is 0. The number of hydrogen-bond acceptors (Lipinski definition) is 6. The Kier molecular flexibility index (Phi) is 3.73. The van der Waals surface area contributed by atoms with Crippen molar-refractivity contribution in [1.82, 2.24) is 9.36 Å². The average molecular weight is 243 g/mol. The molecule has 2 heterocycles. The monoisotopic (exact) mass is 243 g/mol. The lowest BCUT2D eigenvalue weighted by Gasteiger charge is -2.35. The zero-order valence-electron chi connectivity index (χ0n) is 9.59. The number of anilines is 1. The summed E-state index contributed by atoms with van der Waals surface area (Å²) in [5.74, 6) is 0.889. The van der Waals surface area contributed by atoms with Crippen LogP contribution in [0.3, 0.4) is 0 Å². The highest BCUT2D eigenvalue weighted by atomic mass is 32.1. The van der Waals surface area contributed by atoms with Crippen molar-refractivity contribution in [3.8, 4) is 0 Å². The van der Waals surface area contributed by atoms with Gasteiger partial charge in [0.2, 0.25) is 5.13 Å². The Hall–Kier alpha value is -0.720. The molecule has 1 aliphatic rings. The second-order valence-electron chi connectivity index (χ2n) is 4.00. The molecule has 2 unspecified atom stereocenters. The number of morpholine rings is 1. The first-order valence-corrected chi connectivity index (χ1v) is 6.34. The highest BCUT2D eigenvalue weighted by Gasteiger charge is 2.26. The van der Waals surface area contributed by atoms with Crippen LogP contribution in [-0.4, -0.2) is 46.4 Å². The first kappa shape index (κ1) is 11.8. The van der Waals surface area contributed by atoms with Gasteiger partial charge < -0.3 is 14.7 Å². The van der Waals surface area contributed by atoms with E-state index < -0.39 is 0 Å². The molecule has 1 N–H and O–H groups in total. The van der Waals surface area contributed by atoms with Gasteiger partial charge in [-0.1, -0.05) is 6.92 Å². The molecule has 2 rings (SSSR count). The number of aliphatic hydroxyl groups excluding tert-OH is 1. The van der Waals surface area contributed by atoms with Gasteiger partial charge in [-0.15, -0.1) is 0 Å². The fourth-order valence-electron chi connectivity index (χ4n) is 1.82. The van der Waals surface area contributed by atoms with Crippen LogP contribution >= 0.6 is 11.5 Å². The molecule has 0 aliphatic carbocycles. The van der Waals surface area contributed by atoms with E-state index in [-0.39, 0.29) is 18.8 Å². The number of ether oxygens (including phenoxy) is 1. The van der Waals surface area contributed by atoms with E-state index in [0.717, 1.165) is 23.9 Å². The van der Waals surface area contributed by atoms with E-state index in [1.54, 1.807) is 0 Å². The summed E-state index contributed by atoms with van der Waals surface area (Å²) in [6.07, 6.45) is 0.873. The maximum absolute atomic E-state index is 9.14. The molecule has 2 atom stereocenters. The maximum atomic E-state index is 9.14. The number of aryl methyl sites for hydroxylation is 1. The molecule has 0 spiro atoms. The normalized spacial score (nSPS) is 26.1. The molecule has 90 valence electrons. The summed E-state index contributed by atoms with van der Waals surface area (Å²) in [7, 11) is 0. The number of nitrogens with zero attached hydrogens (tertiary/aromatic N) is 3. The number of aliphatic hydroxyl groups is 1. The van der Waals surface area contributed by atoms with E-state index in [1.165, 1.54) is 11.5 Å². The van der Waals surface area contributed by atoms with Crippen molar-refractivity contribution in [2.24, 2.45) is 0 Å². The predicted octanol–water partition coefficient (Wildman–Crippen LogP) is 0.686. The van der Waals surface area contributed by atoms with Crippen molar-refractivity contribution in [1.29, 1.82) is 0 Å². The lowest BCUT2D eigenvalue weighted by molar-refractivity contribution is -0.0421. The first-order valence-electron chi connectivity index (χ1n) is 5.56. The highest BCUT2D eigenvalue weighted by Crippen LogP contribution is 2.22. The largest absolute Gasteiger partial charge is 0.394 e. The lowest BCUT2D eigenvalue weighted by atomic mass is 10.2. The predicted molar refractivity (Wildman–Crippen MR) is 62.9 cm³/mol. The standard InChI is InChI=1S/C10H17N3O2S/c1-3-9-11-10(16-12-9)13-4-7(2)15-8(5-13)6-14/h7-8,14H,3-6H2,1-2H3. The van der Waals surface area contributed by atoms with Crippen molar-refractivity contribution in [3.05, 3.63) is 5.82 Å². The molecule has 1 aliphatic heterocycles. The van der Waals surface area contributed by atoms with Crippen molar-refractivity contribution >= 4 is 16.7 Å².